The first-order valence-electron chi connectivity index (χ1n) is 9.15. The monoisotopic (exact) mass is 407 g/mol. The molecule has 0 unspecified atom stereocenters. The molecule has 0 spiro atoms. The van der Waals surface area contributed by atoms with E-state index in [1.54, 1.807) is 19.3 Å². The van der Waals surface area contributed by atoms with Crippen LogP contribution in [0.4, 0.5) is 14.5 Å². The molecule has 8 heteroatoms. The molecule has 0 bridgehead atoms. The Hall–Kier alpha value is -2.48. The van der Waals surface area contributed by atoms with Crippen LogP contribution in [0.2, 0.25) is 0 Å². The van der Waals surface area contributed by atoms with Gasteiger partial charge in [-0.2, -0.15) is 0 Å². The van der Waals surface area contributed by atoms with Crippen molar-refractivity contribution in [2.45, 2.75) is 39.5 Å². The third kappa shape index (κ3) is 4.16. The second kappa shape index (κ2) is 7.87. The summed E-state index contributed by atoms with van der Waals surface area (Å²) in [6.45, 7) is 5.79. The number of H-pyrrole nitrogens is 1. The van der Waals surface area contributed by atoms with Gasteiger partial charge in [-0.1, -0.05) is 20.8 Å². The van der Waals surface area contributed by atoms with Gasteiger partial charge in [0.05, 0.1) is 11.4 Å². The number of benzene rings is 1. The van der Waals surface area contributed by atoms with Crippen molar-refractivity contribution in [3.05, 3.63) is 58.9 Å². The summed E-state index contributed by atoms with van der Waals surface area (Å²) in [4.78, 5) is 7.38. The van der Waals surface area contributed by atoms with Crippen LogP contribution >= 0.6 is 0 Å². The molecule has 0 fully saturated rings. The molecule has 0 saturated carbocycles. The summed E-state index contributed by atoms with van der Waals surface area (Å²) in [5, 5.41) is 0.793. The summed E-state index contributed by atoms with van der Waals surface area (Å²) in [5.41, 5.74) is 1.92. The number of fused-ring (bicyclic) bond motifs is 1. The van der Waals surface area contributed by atoms with E-state index in [4.69, 9.17) is 0 Å². The molecule has 2 N–H and O–H groups in total. The molecule has 0 aliphatic heterocycles. The fourth-order valence-corrected chi connectivity index (χ4v) is 4.18. The van der Waals surface area contributed by atoms with E-state index in [0.29, 0.717) is 17.6 Å². The molecule has 0 radical (unpaired) electrons. The van der Waals surface area contributed by atoms with Gasteiger partial charge in [0.2, 0.25) is 10.0 Å². The molecule has 1 aromatic carbocycles. The molecule has 0 aliphatic carbocycles. The second-order valence-electron chi connectivity index (χ2n) is 7.12. The SMILES string of the molecule is CCCS(=O)(=O)Nc1ccc(F)c(Cc2c[nH]c3ncc(C(C)C)cc23)c1F. The molecule has 2 heterocycles. The number of hydrogen-bond acceptors (Lipinski definition) is 3. The molecule has 150 valence electrons. The van der Waals surface area contributed by atoms with Crippen LogP contribution in [0, 0.1) is 11.6 Å². The first-order chi connectivity index (χ1) is 13.2. The highest BCUT2D eigenvalue weighted by Crippen LogP contribution is 2.28. The van der Waals surface area contributed by atoms with E-state index in [9.17, 15) is 17.2 Å². The summed E-state index contributed by atoms with van der Waals surface area (Å²) in [7, 11) is -3.68. The van der Waals surface area contributed by atoms with Crippen LogP contribution < -0.4 is 4.72 Å². The predicted molar refractivity (Wildman–Crippen MR) is 107 cm³/mol. The minimum Gasteiger partial charge on any atom is -0.346 e. The van der Waals surface area contributed by atoms with Crippen LogP contribution in [0.25, 0.3) is 11.0 Å². The molecule has 0 saturated heterocycles. The molecule has 0 amide bonds. The largest absolute Gasteiger partial charge is 0.346 e. The maximum Gasteiger partial charge on any atom is 0.232 e. The van der Waals surface area contributed by atoms with E-state index >= 15 is 0 Å². The van der Waals surface area contributed by atoms with Gasteiger partial charge in [-0.25, -0.2) is 22.2 Å². The Morgan fingerprint density at radius 2 is 2.00 bits per heavy atom. The molecular formula is C20H23F2N3O2S. The van der Waals surface area contributed by atoms with Crippen molar-refractivity contribution in [2.24, 2.45) is 0 Å². The Balaban J connectivity index is 2.00. The van der Waals surface area contributed by atoms with Gasteiger partial charge in [-0.05, 0) is 41.7 Å². The number of aromatic amines is 1. The van der Waals surface area contributed by atoms with E-state index < -0.39 is 21.7 Å². The van der Waals surface area contributed by atoms with Gasteiger partial charge in [0.25, 0.3) is 0 Å². The van der Waals surface area contributed by atoms with Crippen molar-refractivity contribution in [1.29, 1.82) is 0 Å². The van der Waals surface area contributed by atoms with E-state index in [2.05, 4.69) is 14.7 Å². The Morgan fingerprint density at radius 1 is 1.25 bits per heavy atom. The topological polar surface area (TPSA) is 74.8 Å². The number of nitrogens with zero attached hydrogens (tertiary/aromatic N) is 1. The van der Waals surface area contributed by atoms with E-state index in [1.807, 2.05) is 19.9 Å². The number of aromatic nitrogens is 2. The molecule has 0 atom stereocenters. The highest BCUT2D eigenvalue weighted by Gasteiger charge is 2.19. The van der Waals surface area contributed by atoms with Crippen molar-refractivity contribution in [1.82, 2.24) is 9.97 Å². The van der Waals surface area contributed by atoms with Crippen LogP contribution in [0.3, 0.4) is 0 Å². The average Bonchev–Trinajstić information content (AvgIpc) is 3.03. The molecular weight excluding hydrogens is 384 g/mol. The fourth-order valence-electron chi connectivity index (χ4n) is 3.05. The Bertz CT molecular complexity index is 1110. The number of halogens is 2. The molecule has 2 aromatic heterocycles. The van der Waals surface area contributed by atoms with Gasteiger partial charge in [0.1, 0.15) is 11.5 Å². The number of anilines is 1. The highest BCUT2D eigenvalue weighted by molar-refractivity contribution is 7.92. The Labute approximate surface area is 163 Å². The van der Waals surface area contributed by atoms with Gasteiger partial charge >= 0.3 is 0 Å². The minimum absolute atomic E-state index is 0.0236. The lowest BCUT2D eigenvalue weighted by Crippen LogP contribution is -2.17. The maximum absolute atomic E-state index is 14.9. The second-order valence-corrected chi connectivity index (χ2v) is 8.96. The smallest absolute Gasteiger partial charge is 0.232 e. The van der Waals surface area contributed by atoms with Crippen LogP contribution in [0.15, 0.2) is 30.6 Å². The first-order valence-corrected chi connectivity index (χ1v) is 10.8. The van der Waals surface area contributed by atoms with Crippen molar-refractivity contribution in [2.75, 3.05) is 10.5 Å². The summed E-state index contributed by atoms with van der Waals surface area (Å²) in [6, 6.07) is 4.15. The summed E-state index contributed by atoms with van der Waals surface area (Å²) in [6.07, 6.45) is 3.82. The third-order valence-electron chi connectivity index (χ3n) is 4.60. The number of rotatable bonds is 7. The first kappa shape index (κ1) is 20.3. The molecule has 3 rings (SSSR count). The van der Waals surface area contributed by atoms with Crippen LogP contribution in [0.5, 0.6) is 0 Å². The third-order valence-corrected chi connectivity index (χ3v) is 6.07. The summed E-state index contributed by atoms with van der Waals surface area (Å²) < 4.78 is 55.4. The van der Waals surface area contributed by atoms with Crippen molar-refractivity contribution >= 4 is 26.7 Å². The normalized spacial score (nSPS) is 12.1. The van der Waals surface area contributed by atoms with Gasteiger partial charge in [0, 0.05) is 29.8 Å². The summed E-state index contributed by atoms with van der Waals surface area (Å²) in [5.74, 6) is -1.49. The van der Waals surface area contributed by atoms with Gasteiger partial charge < -0.3 is 4.98 Å². The Kier molecular flexibility index (Phi) is 5.69. The maximum atomic E-state index is 14.9. The zero-order chi connectivity index (χ0) is 20.5. The van der Waals surface area contributed by atoms with Crippen molar-refractivity contribution in [3.63, 3.8) is 0 Å². The van der Waals surface area contributed by atoms with E-state index in [-0.39, 0.29) is 29.3 Å². The molecule has 28 heavy (non-hydrogen) atoms. The number of hydrogen-bond donors (Lipinski definition) is 2. The average molecular weight is 407 g/mol. The van der Waals surface area contributed by atoms with E-state index in [1.165, 1.54) is 0 Å². The Morgan fingerprint density at radius 3 is 2.68 bits per heavy atom. The number of sulfonamides is 1. The van der Waals surface area contributed by atoms with Crippen molar-refractivity contribution < 1.29 is 17.2 Å². The zero-order valence-corrected chi connectivity index (χ0v) is 16.8. The van der Waals surface area contributed by atoms with Gasteiger partial charge in [-0.15, -0.1) is 0 Å². The van der Waals surface area contributed by atoms with Crippen molar-refractivity contribution in [3.8, 4) is 0 Å². The van der Waals surface area contributed by atoms with Crippen LogP contribution in [-0.4, -0.2) is 24.1 Å². The van der Waals surface area contributed by atoms with Crippen LogP contribution in [0.1, 0.15) is 49.8 Å². The number of pyridine rings is 1. The van der Waals surface area contributed by atoms with Gasteiger partial charge in [0.15, 0.2) is 5.82 Å². The lowest BCUT2D eigenvalue weighted by Gasteiger charge is -2.12. The quantitative estimate of drug-likeness (QED) is 0.596. The molecule has 3 aromatic rings. The molecule has 5 nitrogen and oxygen atoms in total. The highest BCUT2D eigenvalue weighted by atomic mass is 32.2. The number of nitrogens with one attached hydrogen (secondary N) is 2. The van der Waals surface area contributed by atoms with E-state index in [0.717, 1.165) is 23.1 Å². The van der Waals surface area contributed by atoms with Gasteiger partial charge in [-0.3, -0.25) is 4.72 Å². The molecule has 0 aliphatic rings. The summed E-state index contributed by atoms with van der Waals surface area (Å²) >= 11 is 0. The predicted octanol–water partition coefficient (Wildman–Crippen LogP) is 4.71. The minimum atomic E-state index is -3.68. The fraction of sp³-hybridized carbons (Fsp3) is 0.350. The lowest BCUT2D eigenvalue weighted by molar-refractivity contribution is 0.563. The van der Waals surface area contributed by atoms with Crippen LogP contribution in [-0.2, 0) is 16.4 Å². The standard InChI is InChI=1S/C20H23F2N3O2S/c1-4-7-28(26,27)25-18-6-5-17(21)16(19(18)22)9-14-11-24-20-15(14)8-13(10-23-20)12(2)3/h5-6,8,10-12,25H,4,7,9H2,1-3H3,(H,23,24). The lowest BCUT2D eigenvalue weighted by atomic mass is 10.00. The zero-order valence-electron chi connectivity index (χ0n) is 16.0.